The summed E-state index contributed by atoms with van der Waals surface area (Å²) in [7, 11) is 0. The Kier molecular flexibility index (Phi) is 5.85. The van der Waals surface area contributed by atoms with E-state index in [9.17, 15) is 4.79 Å². The Hall–Kier alpha value is -2.33. The molecule has 1 aliphatic rings. The van der Waals surface area contributed by atoms with Crippen LogP contribution in [0.25, 0.3) is 0 Å². The van der Waals surface area contributed by atoms with Gasteiger partial charge in [0.2, 0.25) is 0 Å². The SMILES string of the molecule is O=C(OCc1ccccc1)N(Cc1ccccc1)CC1CCNC1. The Balaban J connectivity index is 1.62. The van der Waals surface area contributed by atoms with Gasteiger partial charge in [-0.1, -0.05) is 60.7 Å². The highest BCUT2D eigenvalue weighted by atomic mass is 16.6. The van der Waals surface area contributed by atoms with Crippen LogP contribution in [0.15, 0.2) is 60.7 Å². The number of rotatable bonds is 6. The number of carbonyl (C=O) groups excluding carboxylic acids is 1. The summed E-state index contributed by atoms with van der Waals surface area (Å²) in [5.74, 6) is 0.498. The first-order valence-corrected chi connectivity index (χ1v) is 8.51. The third-order valence-corrected chi connectivity index (χ3v) is 4.32. The van der Waals surface area contributed by atoms with Crippen molar-refractivity contribution in [2.75, 3.05) is 19.6 Å². The standard InChI is InChI=1S/C20H24N2O2/c23-20(24-16-18-9-5-2-6-10-18)22(15-19-11-12-21-13-19)14-17-7-3-1-4-8-17/h1-10,19,21H,11-16H2. The number of hydrogen-bond acceptors (Lipinski definition) is 3. The van der Waals surface area contributed by atoms with Crippen LogP contribution in [0.4, 0.5) is 4.79 Å². The van der Waals surface area contributed by atoms with Crippen LogP contribution in [0.1, 0.15) is 17.5 Å². The summed E-state index contributed by atoms with van der Waals surface area (Å²) in [6, 6.07) is 19.9. The smallest absolute Gasteiger partial charge is 0.410 e. The fraction of sp³-hybridized carbons (Fsp3) is 0.350. The maximum Gasteiger partial charge on any atom is 0.410 e. The van der Waals surface area contributed by atoms with Gasteiger partial charge in [-0.05, 0) is 36.6 Å². The van der Waals surface area contributed by atoms with Gasteiger partial charge in [-0.3, -0.25) is 0 Å². The molecule has 1 fully saturated rings. The molecule has 0 aromatic heterocycles. The molecule has 0 spiro atoms. The molecule has 2 aromatic carbocycles. The van der Waals surface area contributed by atoms with Crippen LogP contribution >= 0.6 is 0 Å². The third-order valence-electron chi connectivity index (χ3n) is 4.32. The van der Waals surface area contributed by atoms with Crippen molar-refractivity contribution < 1.29 is 9.53 Å². The largest absolute Gasteiger partial charge is 0.445 e. The highest BCUT2D eigenvalue weighted by molar-refractivity contribution is 5.67. The minimum atomic E-state index is -0.241. The van der Waals surface area contributed by atoms with E-state index in [-0.39, 0.29) is 6.09 Å². The van der Waals surface area contributed by atoms with Crippen LogP contribution in [-0.2, 0) is 17.9 Å². The van der Waals surface area contributed by atoms with Gasteiger partial charge in [-0.2, -0.15) is 0 Å². The molecule has 0 saturated carbocycles. The molecule has 2 aromatic rings. The summed E-state index contributed by atoms with van der Waals surface area (Å²) < 4.78 is 5.54. The van der Waals surface area contributed by atoms with Gasteiger partial charge in [0.1, 0.15) is 6.61 Å². The third kappa shape index (κ3) is 4.83. The lowest BCUT2D eigenvalue weighted by Gasteiger charge is -2.25. The highest BCUT2D eigenvalue weighted by Crippen LogP contribution is 2.14. The number of amides is 1. The fourth-order valence-electron chi connectivity index (χ4n) is 3.00. The molecule has 1 aliphatic heterocycles. The van der Waals surface area contributed by atoms with Gasteiger partial charge in [0.15, 0.2) is 0 Å². The van der Waals surface area contributed by atoms with E-state index in [2.05, 4.69) is 5.32 Å². The minimum absolute atomic E-state index is 0.241. The first-order valence-electron chi connectivity index (χ1n) is 8.51. The minimum Gasteiger partial charge on any atom is -0.445 e. The highest BCUT2D eigenvalue weighted by Gasteiger charge is 2.23. The summed E-state index contributed by atoms with van der Waals surface area (Å²) in [6.45, 7) is 3.63. The van der Waals surface area contributed by atoms with E-state index in [1.807, 2.05) is 65.6 Å². The van der Waals surface area contributed by atoms with Gasteiger partial charge >= 0.3 is 6.09 Å². The molecule has 126 valence electrons. The van der Waals surface area contributed by atoms with Gasteiger partial charge < -0.3 is 15.0 Å². The van der Waals surface area contributed by atoms with Crippen LogP contribution in [0.3, 0.4) is 0 Å². The predicted octanol–water partition coefficient (Wildman–Crippen LogP) is 3.43. The van der Waals surface area contributed by atoms with Crippen molar-refractivity contribution in [2.24, 2.45) is 5.92 Å². The van der Waals surface area contributed by atoms with Crippen LogP contribution in [-0.4, -0.2) is 30.6 Å². The Morgan fingerprint density at radius 3 is 2.33 bits per heavy atom. The summed E-state index contributed by atoms with van der Waals surface area (Å²) in [6.07, 6.45) is 0.867. The normalized spacial score (nSPS) is 16.8. The van der Waals surface area contributed by atoms with Crippen molar-refractivity contribution >= 4 is 6.09 Å². The van der Waals surface area contributed by atoms with E-state index in [1.165, 1.54) is 0 Å². The van der Waals surface area contributed by atoms with E-state index < -0.39 is 0 Å². The van der Waals surface area contributed by atoms with Crippen molar-refractivity contribution in [1.82, 2.24) is 10.2 Å². The summed E-state index contributed by atoms with van der Waals surface area (Å²) >= 11 is 0. The van der Waals surface area contributed by atoms with Crippen molar-refractivity contribution in [3.63, 3.8) is 0 Å². The number of benzene rings is 2. The Bertz CT molecular complexity index is 625. The van der Waals surface area contributed by atoms with Crippen LogP contribution in [0, 0.1) is 5.92 Å². The molecular weight excluding hydrogens is 300 g/mol. The van der Waals surface area contributed by atoms with E-state index >= 15 is 0 Å². The first kappa shape index (κ1) is 16.5. The van der Waals surface area contributed by atoms with Gasteiger partial charge in [-0.25, -0.2) is 4.79 Å². The molecule has 0 radical (unpaired) electrons. The lowest BCUT2D eigenvalue weighted by atomic mass is 10.1. The second kappa shape index (κ2) is 8.50. The monoisotopic (exact) mass is 324 g/mol. The summed E-state index contributed by atoms with van der Waals surface area (Å²) in [5.41, 5.74) is 2.13. The van der Waals surface area contributed by atoms with Crippen molar-refractivity contribution in [3.05, 3.63) is 71.8 Å². The average molecular weight is 324 g/mol. The number of ether oxygens (including phenoxy) is 1. The quantitative estimate of drug-likeness (QED) is 0.885. The zero-order valence-corrected chi connectivity index (χ0v) is 13.9. The average Bonchev–Trinajstić information content (AvgIpc) is 3.14. The molecule has 4 heteroatoms. The van der Waals surface area contributed by atoms with Crippen molar-refractivity contribution in [1.29, 1.82) is 0 Å². The maximum atomic E-state index is 12.6. The van der Waals surface area contributed by atoms with Gasteiger partial charge in [-0.15, -0.1) is 0 Å². The molecule has 1 amide bonds. The molecule has 0 bridgehead atoms. The van der Waals surface area contributed by atoms with Gasteiger partial charge in [0.05, 0.1) is 0 Å². The molecule has 1 atom stereocenters. The number of nitrogens with one attached hydrogen (secondary N) is 1. The van der Waals surface area contributed by atoms with Crippen molar-refractivity contribution in [2.45, 2.75) is 19.6 Å². The zero-order chi connectivity index (χ0) is 16.6. The zero-order valence-electron chi connectivity index (χ0n) is 13.9. The fourth-order valence-corrected chi connectivity index (χ4v) is 3.00. The molecule has 0 aliphatic carbocycles. The van der Waals surface area contributed by atoms with Crippen LogP contribution in [0.5, 0.6) is 0 Å². The van der Waals surface area contributed by atoms with E-state index in [0.717, 1.165) is 37.2 Å². The topological polar surface area (TPSA) is 41.6 Å². The Morgan fingerprint density at radius 1 is 1.04 bits per heavy atom. The van der Waals surface area contributed by atoms with Gasteiger partial charge in [0.25, 0.3) is 0 Å². The molecule has 4 nitrogen and oxygen atoms in total. The number of carbonyl (C=O) groups is 1. The molecule has 1 unspecified atom stereocenters. The van der Waals surface area contributed by atoms with Crippen LogP contribution < -0.4 is 5.32 Å². The maximum absolute atomic E-state index is 12.6. The number of nitrogens with zero attached hydrogens (tertiary/aromatic N) is 1. The van der Waals surface area contributed by atoms with E-state index in [0.29, 0.717) is 19.1 Å². The molecule has 1 heterocycles. The Labute approximate surface area is 143 Å². The summed E-state index contributed by atoms with van der Waals surface area (Å²) in [4.78, 5) is 14.4. The Morgan fingerprint density at radius 2 is 1.71 bits per heavy atom. The van der Waals surface area contributed by atoms with Gasteiger partial charge in [0, 0.05) is 13.1 Å². The molecule has 3 rings (SSSR count). The summed E-state index contributed by atoms with van der Waals surface area (Å²) in [5, 5.41) is 3.36. The van der Waals surface area contributed by atoms with E-state index in [4.69, 9.17) is 4.74 Å². The van der Waals surface area contributed by atoms with Crippen molar-refractivity contribution in [3.8, 4) is 0 Å². The second-order valence-electron chi connectivity index (χ2n) is 6.27. The molecule has 1 N–H and O–H groups in total. The predicted molar refractivity (Wildman–Crippen MR) is 94.5 cm³/mol. The first-order chi connectivity index (χ1) is 11.8. The second-order valence-corrected chi connectivity index (χ2v) is 6.27. The lowest BCUT2D eigenvalue weighted by molar-refractivity contribution is 0.0884. The van der Waals surface area contributed by atoms with Crippen LogP contribution in [0.2, 0.25) is 0 Å². The number of hydrogen-bond donors (Lipinski definition) is 1. The molecule has 1 saturated heterocycles. The lowest BCUT2D eigenvalue weighted by Crippen LogP contribution is -2.36. The molecular formula is C20H24N2O2. The molecule has 24 heavy (non-hydrogen) atoms. The van der Waals surface area contributed by atoms with E-state index in [1.54, 1.807) is 0 Å².